The lowest BCUT2D eigenvalue weighted by Gasteiger charge is -2.36. The van der Waals surface area contributed by atoms with Gasteiger partial charge in [0, 0.05) is 63.1 Å². The Labute approximate surface area is 183 Å². The molecule has 2 heterocycles. The summed E-state index contributed by atoms with van der Waals surface area (Å²) in [5, 5.41) is 3.21. The topological polar surface area (TPSA) is 40.5 Å². The largest absolute Gasteiger partial charge is 0.367 e. The van der Waals surface area contributed by atoms with E-state index in [9.17, 15) is 9.18 Å². The van der Waals surface area contributed by atoms with Crippen molar-refractivity contribution in [2.75, 3.05) is 44.2 Å². The number of hydrogen-bond donors (Lipinski definition) is 1. The molecule has 1 saturated heterocycles. The zero-order chi connectivity index (χ0) is 22.1. The molecule has 0 bridgehead atoms. The molecular formula is C23H32ClFN4O. The van der Waals surface area contributed by atoms with Gasteiger partial charge in [0.2, 0.25) is 0 Å². The van der Waals surface area contributed by atoms with E-state index >= 15 is 0 Å². The molecule has 0 aliphatic carbocycles. The Balaban J connectivity index is 1.50. The van der Waals surface area contributed by atoms with E-state index in [2.05, 4.69) is 35.6 Å². The van der Waals surface area contributed by atoms with Crippen molar-refractivity contribution in [3.05, 3.63) is 52.1 Å². The molecule has 0 atom stereocenters. The number of benzene rings is 1. The number of amides is 1. The van der Waals surface area contributed by atoms with E-state index < -0.39 is 0 Å². The molecule has 1 aliphatic heterocycles. The second kappa shape index (κ2) is 8.98. The average Bonchev–Trinajstić information content (AvgIpc) is 3.00. The number of aromatic nitrogens is 1. The molecule has 2 aromatic rings. The summed E-state index contributed by atoms with van der Waals surface area (Å²) in [5.41, 5.74) is 3.41. The summed E-state index contributed by atoms with van der Waals surface area (Å²) in [6.45, 7) is 12.9. The molecule has 1 aliphatic rings. The molecule has 0 spiro atoms. The molecule has 3 rings (SSSR count). The third-order valence-electron chi connectivity index (χ3n) is 5.91. The molecule has 1 aromatic heterocycles. The lowest BCUT2D eigenvalue weighted by atomic mass is 9.92. The normalized spacial score (nSPS) is 15.5. The van der Waals surface area contributed by atoms with E-state index in [-0.39, 0.29) is 22.2 Å². The minimum Gasteiger partial charge on any atom is -0.367 e. The Morgan fingerprint density at radius 3 is 2.47 bits per heavy atom. The molecule has 30 heavy (non-hydrogen) atoms. The molecule has 1 aromatic carbocycles. The van der Waals surface area contributed by atoms with Gasteiger partial charge in [-0.2, -0.15) is 0 Å². The van der Waals surface area contributed by atoms with Crippen LogP contribution in [0.3, 0.4) is 0 Å². The van der Waals surface area contributed by atoms with E-state index in [1.807, 2.05) is 24.9 Å². The van der Waals surface area contributed by atoms with Crippen molar-refractivity contribution in [1.29, 1.82) is 0 Å². The summed E-state index contributed by atoms with van der Waals surface area (Å²) >= 11 is 5.90. The fourth-order valence-electron chi connectivity index (χ4n) is 4.02. The molecule has 0 saturated carbocycles. The Morgan fingerprint density at radius 2 is 1.87 bits per heavy atom. The van der Waals surface area contributed by atoms with Gasteiger partial charge in [-0.1, -0.05) is 38.4 Å². The highest BCUT2D eigenvalue weighted by Crippen LogP contribution is 2.27. The molecule has 1 N–H and O–H groups in total. The van der Waals surface area contributed by atoms with Gasteiger partial charge in [0.15, 0.2) is 5.82 Å². The van der Waals surface area contributed by atoms with Crippen molar-refractivity contribution in [1.82, 2.24) is 14.8 Å². The van der Waals surface area contributed by atoms with Crippen molar-refractivity contribution in [3.63, 3.8) is 0 Å². The second-order valence-corrected chi connectivity index (χ2v) is 9.40. The molecular weight excluding hydrogens is 403 g/mol. The minimum absolute atomic E-state index is 0.0137. The van der Waals surface area contributed by atoms with Gasteiger partial charge in [-0.3, -0.25) is 9.69 Å². The van der Waals surface area contributed by atoms with E-state index in [0.29, 0.717) is 12.2 Å². The zero-order valence-electron chi connectivity index (χ0n) is 18.6. The maximum atomic E-state index is 14.2. The first-order valence-electron chi connectivity index (χ1n) is 10.5. The molecule has 7 heteroatoms. The first-order valence-corrected chi connectivity index (χ1v) is 10.8. The van der Waals surface area contributed by atoms with Gasteiger partial charge in [-0.25, -0.2) is 4.39 Å². The smallest absolute Gasteiger partial charge is 0.253 e. The van der Waals surface area contributed by atoms with Crippen LogP contribution in [0.4, 0.5) is 10.1 Å². The van der Waals surface area contributed by atoms with Crippen LogP contribution in [-0.4, -0.2) is 54.6 Å². The number of anilines is 1. The Morgan fingerprint density at radius 1 is 1.20 bits per heavy atom. The maximum absolute atomic E-state index is 14.2. The van der Waals surface area contributed by atoms with E-state index in [1.54, 1.807) is 18.2 Å². The van der Waals surface area contributed by atoms with Crippen LogP contribution in [-0.2, 0) is 12.5 Å². The maximum Gasteiger partial charge on any atom is 0.253 e. The quantitative estimate of drug-likeness (QED) is 0.773. The van der Waals surface area contributed by atoms with Crippen molar-refractivity contribution >= 4 is 23.2 Å². The Kier molecular flexibility index (Phi) is 6.78. The Bertz CT molecular complexity index is 911. The number of carbonyl (C=O) groups excluding carboxylic acids is 1. The average molecular weight is 435 g/mol. The van der Waals surface area contributed by atoms with Crippen molar-refractivity contribution in [2.45, 2.75) is 33.1 Å². The summed E-state index contributed by atoms with van der Waals surface area (Å²) in [5.74, 6) is -0.383. The van der Waals surface area contributed by atoms with Crippen molar-refractivity contribution in [3.8, 4) is 0 Å². The highest BCUT2D eigenvalue weighted by Gasteiger charge is 2.24. The van der Waals surface area contributed by atoms with Crippen LogP contribution in [0.25, 0.3) is 0 Å². The third-order valence-corrected chi connectivity index (χ3v) is 6.20. The van der Waals surface area contributed by atoms with Crippen LogP contribution in [0.1, 0.15) is 42.5 Å². The van der Waals surface area contributed by atoms with Gasteiger partial charge in [-0.15, -0.1) is 0 Å². The fraction of sp³-hybridized carbons (Fsp3) is 0.522. The van der Waals surface area contributed by atoms with Gasteiger partial charge in [0.25, 0.3) is 5.91 Å². The van der Waals surface area contributed by atoms with Crippen molar-refractivity contribution < 1.29 is 9.18 Å². The highest BCUT2D eigenvalue weighted by molar-refractivity contribution is 6.31. The third kappa shape index (κ3) is 4.81. The van der Waals surface area contributed by atoms with Crippen LogP contribution >= 0.6 is 11.6 Å². The summed E-state index contributed by atoms with van der Waals surface area (Å²) in [6, 6.07) is 7.12. The van der Waals surface area contributed by atoms with Gasteiger partial charge in [0.05, 0.1) is 16.3 Å². The number of piperazine rings is 1. The van der Waals surface area contributed by atoms with E-state index in [4.69, 9.17) is 11.6 Å². The number of carbonyl (C=O) groups is 1. The standard InChI is InChI=1S/C23H32ClFN4O/c1-16-17(15-20(27(16)5)23(2,3)4)22(30)26-9-10-28-11-13-29(14-12-28)19-8-6-7-18(24)21(19)25/h6-8,15H,9-14H2,1-5H3,(H,26,30). The molecule has 0 unspecified atom stereocenters. The van der Waals surface area contributed by atoms with E-state index in [1.165, 1.54) is 0 Å². The number of halogens is 2. The Hall–Kier alpha value is -2.05. The van der Waals surface area contributed by atoms with Crippen LogP contribution in [0.5, 0.6) is 0 Å². The van der Waals surface area contributed by atoms with E-state index in [0.717, 1.165) is 49.7 Å². The van der Waals surface area contributed by atoms with Crippen LogP contribution < -0.4 is 10.2 Å². The van der Waals surface area contributed by atoms with Crippen LogP contribution in [0.2, 0.25) is 5.02 Å². The summed E-state index contributed by atoms with van der Waals surface area (Å²) in [6.07, 6.45) is 0. The predicted molar refractivity (Wildman–Crippen MR) is 121 cm³/mol. The second-order valence-electron chi connectivity index (χ2n) is 9.00. The van der Waals surface area contributed by atoms with Gasteiger partial charge >= 0.3 is 0 Å². The summed E-state index contributed by atoms with van der Waals surface area (Å²) in [4.78, 5) is 17.0. The summed E-state index contributed by atoms with van der Waals surface area (Å²) < 4.78 is 16.3. The zero-order valence-corrected chi connectivity index (χ0v) is 19.3. The van der Waals surface area contributed by atoms with Crippen LogP contribution in [0, 0.1) is 12.7 Å². The lowest BCUT2D eigenvalue weighted by Crippen LogP contribution is -2.48. The van der Waals surface area contributed by atoms with Crippen molar-refractivity contribution in [2.24, 2.45) is 7.05 Å². The van der Waals surface area contributed by atoms with Gasteiger partial charge < -0.3 is 14.8 Å². The first kappa shape index (κ1) is 22.6. The van der Waals surface area contributed by atoms with Gasteiger partial charge in [0.1, 0.15) is 0 Å². The first-order chi connectivity index (χ1) is 14.1. The molecule has 1 fully saturated rings. The molecule has 5 nitrogen and oxygen atoms in total. The summed E-state index contributed by atoms with van der Waals surface area (Å²) in [7, 11) is 2.01. The molecule has 164 valence electrons. The minimum atomic E-state index is -0.354. The highest BCUT2D eigenvalue weighted by atomic mass is 35.5. The monoisotopic (exact) mass is 434 g/mol. The number of rotatable bonds is 5. The SMILES string of the molecule is Cc1c(C(=O)NCCN2CCN(c3cccc(Cl)c3F)CC2)cc(C(C)(C)C)n1C. The number of hydrogen-bond acceptors (Lipinski definition) is 3. The van der Waals surface area contributed by atoms with Gasteiger partial charge in [-0.05, 0) is 25.1 Å². The number of nitrogens with zero attached hydrogens (tertiary/aromatic N) is 3. The fourth-order valence-corrected chi connectivity index (χ4v) is 4.19. The molecule has 0 radical (unpaired) electrons. The predicted octanol–water partition coefficient (Wildman–Crippen LogP) is 3.98. The molecule has 1 amide bonds. The number of nitrogens with one attached hydrogen (secondary N) is 1. The lowest BCUT2D eigenvalue weighted by molar-refractivity contribution is 0.0947. The van der Waals surface area contributed by atoms with Crippen LogP contribution in [0.15, 0.2) is 24.3 Å².